The molecule has 2 rings (SSSR count). The second-order valence-electron chi connectivity index (χ2n) is 4.72. The van der Waals surface area contributed by atoms with Crippen molar-refractivity contribution in [2.75, 3.05) is 13.6 Å². The summed E-state index contributed by atoms with van der Waals surface area (Å²) < 4.78 is 0. The first-order chi connectivity index (χ1) is 10.1. The number of likely N-dealkylation sites (N-methyl/N-ethyl adjacent to an activating group) is 1. The molecule has 0 saturated carbocycles. The first kappa shape index (κ1) is 15.3. The van der Waals surface area contributed by atoms with Crippen molar-refractivity contribution in [3.05, 3.63) is 71.0 Å². The molecule has 21 heavy (non-hydrogen) atoms. The molecule has 1 heterocycles. The quantitative estimate of drug-likeness (QED) is 0.792. The van der Waals surface area contributed by atoms with Gasteiger partial charge in [-0.3, -0.25) is 9.78 Å². The van der Waals surface area contributed by atoms with Crippen LogP contribution in [0.25, 0.3) is 6.08 Å². The van der Waals surface area contributed by atoms with Crippen LogP contribution in [-0.4, -0.2) is 29.4 Å². The van der Waals surface area contributed by atoms with Crippen molar-refractivity contribution in [3.8, 4) is 0 Å². The molecule has 0 bridgehead atoms. The normalized spacial score (nSPS) is 10.8. The average Bonchev–Trinajstić information content (AvgIpc) is 2.51. The van der Waals surface area contributed by atoms with E-state index in [2.05, 4.69) is 4.98 Å². The van der Waals surface area contributed by atoms with Crippen LogP contribution in [0.3, 0.4) is 0 Å². The second-order valence-corrected chi connectivity index (χ2v) is 5.16. The Bertz CT molecular complexity index is 626. The molecular formula is C17H17ClN2O. The smallest absolute Gasteiger partial charge is 0.246 e. The number of carbonyl (C=O) groups is 1. The standard InChI is InChI=1S/C17H17ClN2O/c1-20(12-10-16-7-2-3-11-19-16)17(21)9-8-14-5-4-6-15(18)13-14/h2-9,11,13H,10,12H2,1H3. The fourth-order valence-corrected chi connectivity index (χ4v) is 2.04. The molecule has 0 aliphatic rings. The van der Waals surface area contributed by atoms with E-state index >= 15 is 0 Å². The van der Waals surface area contributed by atoms with Crippen molar-refractivity contribution in [3.63, 3.8) is 0 Å². The summed E-state index contributed by atoms with van der Waals surface area (Å²) in [6.07, 6.45) is 5.83. The van der Waals surface area contributed by atoms with Crippen molar-refractivity contribution in [2.24, 2.45) is 0 Å². The lowest BCUT2D eigenvalue weighted by atomic mass is 10.2. The molecule has 0 fully saturated rings. The molecule has 0 aliphatic carbocycles. The number of halogens is 1. The van der Waals surface area contributed by atoms with Crippen LogP contribution in [-0.2, 0) is 11.2 Å². The van der Waals surface area contributed by atoms with Crippen LogP contribution in [0.15, 0.2) is 54.7 Å². The first-order valence-electron chi connectivity index (χ1n) is 6.74. The van der Waals surface area contributed by atoms with Gasteiger partial charge in [-0.05, 0) is 35.9 Å². The summed E-state index contributed by atoms with van der Waals surface area (Å²) in [5.41, 5.74) is 1.89. The number of pyridine rings is 1. The van der Waals surface area contributed by atoms with Gasteiger partial charge in [-0.2, -0.15) is 0 Å². The second kappa shape index (κ2) is 7.60. The Kier molecular flexibility index (Phi) is 5.52. The molecule has 0 saturated heterocycles. The number of aromatic nitrogens is 1. The molecule has 1 aromatic carbocycles. The highest BCUT2D eigenvalue weighted by Gasteiger charge is 2.05. The molecule has 108 valence electrons. The molecule has 0 spiro atoms. The van der Waals surface area contributed by atoms with E-state index in [1.807, 2.05) is 36.4 Å². The van der Waals surface area contributed by atoms with Gasteiger partial charge in [0.15, 0.2) is 0 Å². The summed E-state index contributed by atoms with van der Waals surface area (Å²) in [6.45, 7) is 0.635. The van der Waals surface area contributed by atoms with Gasteiger partial charge in [-0.25, -0.2) is 0 Å². The van der Waals surface area contributed by atoms with Crippen LogP contribution < -0.4 is 0 Å². The largest absolute Gasteiger partial charge is 0.342 e. The van der Waals surface area contributed by atoms with Gasteiger partial charge in [-0.15, -0.1) is 0 Å². The van der Waals surface area contributed by atoms with E-state index in [0.717, 1.165) is 17.7 Å². The molecule has 2 aromatic rings. The summed E-state index contributed by atoms with van der Waals surface area (Å²) in [7, 11) is 1.79. The van der Waals surface area contributed by atoms with E-state index in [4.69, 9.17) is 11.6 Å². The third-order valence-corrected chi connectivity index (χ3v) is 3.31. The summed E-state index contributed by atoms with van der Waals surface area (Å²) in [6, 6.07) is 13.2. The number of hydrogen-bond acceptors (Lipinski definition) is 2. The summed E-state index contributed by atoms with van der Waals surface area (Å²) >= 11 is 5.90. The van der Waals surface area contributed by atoms with Gasteiger partial charge in [0.1, 0.15) is 0 Å². The van der Waals surface area contributed by atoms with Crippen molar-refractivity contribution in [1.82, 2.24) is 9.88 Å². The molecule has 0 radical (unpaired) electrons. The van der Waals surface area contributed by atoms with Crippen LogP contribution in [0.5, 0.6) is 0 Å². The third-order valence-electron chi connectivity index (χ3n) is 3.07. The average molecular weight is 301 g/mol. The molecule has 1 amide bonds. The summed E-state index contributed by atoms with van der Waals surface area (Å²) in [4.78, 5) is 17.9. The Morgan fingerprint density at radius 1 is 1.29 bits per heavy atom. The Hall–Kier alpha value is -2.13. The maximum absolute atomic E-state index is 12.0. The fourth-order valence-electron chi connectivity index (χ4n) is 1.84. The van der Waals surface area contributed by atoms with Gasteiger partial charge in [-0.1, -0.05) is 29.8 Å². The zero-order valence-corrected chi connectivity index (χ0v) is 12.6. The van der Waals surface area contributed by atoms with E-state index in [1.165, 1.54) is 0 Å². The fraction of sp³-hybridized carbons (Fsp3) is 0.176. The van der Waals surface area contributed by atoms with Crippen LogP contribution in [0.1, 0.15) is 11.3 Å². The third kappa shape index (κ3) is 5.04. The van der Waals surface area contributed by atoms with Crippen molar-refractivity contribution in [1.29, 1.82) is 0 Å². The van der Waals surface area contributed by atoms with E-state index in [9.17, 15) is 4.79 Å². The van der Waals surface area contributed by atoms with Gasteiger partial charge >= 0.3 is 0 Å². The molecule has 0 N–H and O–H groups in total. The van der Waals surface area contributed by atoms with Crippen molar-refractivity contribution in [2.45, 2.75) is 6.42 Å². The molecule has 0 atom stereocenters. The van der Waals surface area contributed by atoms with E-state index in [1.54, 1.807) is 36.4 Å². The number of benzene rings is 1. The number of carbonyl (C=O) groups excluding carboxylic acids is 1. The van der Waals surface area contributed by atoms with Gasteiger partial charge in [0.05, 0.1) is 0 Å². The lowest BCUT2D eigenvalue weighted by molar-refractivity contribution is -0.124. The molecule has 0 aliphatic heterocycles. The van der Waals surface area contributed by atoms with Crippen molar-refractivity contribution >= 4 is 23.6 Å². The number of nitrogens with zero attached hydrogens (tertiary/aromatic N) is 2. The topological polar surface area (TPSA) is 33.2 Å². The molecule has 0 unspecified atom stereocenters. The number of rotatable bonds is 5. The minimum Gasteiger partial charge on any atom is -0.342 e. The maximum atomic E-state index is 12.0. The molecular weight excluding hydrogens is 284 g/mol. The highest BCUT2D eigenvalue weighted by Crippen LogP contribution is 2.11. The predicted molar refractivity (Wildman–Crippen MR) is 86.1 cm³/mol. The first-order valence-corrected chi connectivity index (χ1v) is 7.11. The number of amides is 1. The zero-order chi connectivity index (χ0) is 15.1. The highest BCUT2D eigenvalue weighted by atomic mass is 35.5. The van der Waals surface area contributed by atoms with E-state index in [-0.39, 0.29) is 5.91 Å². The van der Waals surface area contributed by atoms with Crippen LogP contribution in [0.4, 0.5) is 0 Å². The Morgan fingerprint density at radius 2 is 2.14 bits per heavy atom. The summed E-state index contributed by atoms with van der Waals surface area (Å²) in [5.74, 6) is -0.0362. The maximum Gasteiger partial charge on any atom is 0.246 e. The molecule has 4 heteroatoms. The molecule has 1 aromatic heterocycles. The Labute approximate surface area is 129 Å². The lowest BCUT2D eigenvalue weighted by Crippen LogP contribution is -2.27. The predicted octanol–water partition coefficient (Wildman–Crippen LogP) is 3.45. The van der Waals surface area contributed by atoms with Gasteiger partial charge in [0, 0.05) is 43.0 Å². The Balaban J connectivity index is 1.88. The van der Waals surface area contributed by atoms with Crippen LogP contribution in [0.2, 0.25) is 5.02 Å². The van der Waals surface area contributed by atoms with Crippen LogP contribution in [0, 0.1) is 0 Å². The zero-order valence-electron chi connectivity index (χ0n) is 11.9. The van der Waals surface area contributed by atoms with E-state index < -0.39 is 0 Å². The Morgan fingerprint density at radius 3 is 2.86 bits per heavy atom. The minimum absolute atomic E-state index is 0.0362. The lowest BCUT2D eigenvalue weighted by Gasteiger charge is -2.14. The monoisotopic (exact) mass is 300 g/mol. The van der Waals surface area contributed by atoms with Crippen molar-refractivity contribution < 1.29 is 4.79 Å². The SMILES string of the molecule is CN(CCc1ccccn1)C(=O)C=Cc1cccc(Cl)c1. The van der Waals surface area contributed by atoms with Gasteiger partial charge in [0.25, 0.3) is 0 Å². The summed E-state index contributed by atoms with van der Waals surface area (Å²) in [5, 5.41) is 0.660. The number of hydrogen-bond donors (Lipinski definition) is 0. The van der Waals surface area contributed by atoms with E-state index in [0.29, 0.717) is 11.6 Å². The molecule has 3 nitrogen and oxygen atoms in total. The van der Waals surface area contributed by atoms with Gasteiger partial charge < -0.3 is 4.90 Å². The minimum atomic E-state index is -0.0362. The van der Waals surface area contributed by atoms with Gasteiger partial charge in [0.2, 0.25) is 5.91 Å². The highest BCUT2D eigenvalue weighted by molar-refractivity contribution is 6.30. The van der Waals surface area contributed by atoms with Crippen LogP contribution >= 0.6 is 11.6 Å².